The van der Waals surface area contributed by atoms with Gasteiger partial charge in [-0.1, -0.05) is 0 Å². The van der Waals surface area contributed by atoms with Crippen LogP contribution < -0.4 is 0 Å². The fraction of sp³-hybridized carbons (Fsp3) is 0.231. The first kappa shape index (κ1) is 12.5. The van der Waals surface area contributed by atoms with Gasteiger partial charge in [-0.25, -0.2) is 0 Å². The Labute approximate surface area is 113 Å². The average Bonchev–Trinajstić information content (AvgIpc) is 2.63. The molecule has 4 heteroatoms. The van der Waals surface area contributed by atoms with E-state index in [0.717, 1.165) is 25.6 Å². The second-order valence-corrected chi connectivity index (χ2v) is 6.44. The first-order valence-corrected chi connectivity index (χ1v) is 6.89. The number of pyridine rings is 1. The highest BCUT2D eigenvalue weighted by Gasteiger charge is 2.12. The van der Waals surface area contributed by atoms with Crippen molar-refractivity contribution in [3.63, 3.8) is 0 Å². The number of rotatable bonds is 3. The normalized spacial score (nSPS) is 10.5. The molecule has 88 valence electrons. The lowest BCUT2D eigenvalue weighted by atomic mass is 10.1. The van der Waals surface area contributed by atoms with Gasteiger partial charge in [0.15, 0.2) is 5.78 Å². The van der Waals surface area contributed by atoms with Gasteiger partial charge in [-0.3, -0.25) is 9.78 Å². The van der Waals surface area contributed by atoms with Gasteiger partial charge in [0.25, 0.3) is 0 Å². The standard InChI is InChI=1S/C13H12BrNOS/c1-8-3-5-11(9(2)15-8)12(16)7-10-4-6-13(14)17-10/h3-6H,7H2,1-2H3. The number of aryl methyl sites for hydroxylation is 2. The van der Waals surface area contributed by atoms with E-state index in [1.165, 1.54) is 0 Å². The van der Waals surface area contributed by atoms with Crippen LogP contribution in [0.5, 0.6) is 0 Å². The molecular weight excluding hydrogens is 298 g/mol. The van der Waals surface area contributed by atoms with Gasteiger partial charge in [-0.15, -0.1) is 11.3 Å². The fourth-order valence-corrected chi connectivity index (χ4v) is 3.16. The summed E-state index contributed by atoms with van der Waals surface area (Å²) in [6, 6.07) is 7.68. The number of nitrogens with zero attached hydrogens (tertiary/aromatic N) is 1. The molecule has 2 heterocycles. The lowest BCUT2D eigenvalue weighted by Crippen LogP contribution is -2.06. The molecule has 2 rings (SSSR count). The van der Waals surface area contributed by atoms with Crippen LogP contribution in [-0.2, 0) is 6.42 Å². The molecule has 0 unspecified atom stereocenters. The molecule has 2 nitrogen and oxygen atoms in total. The topological polar surface area (TPSA) is 30.0 Å². The van der Waals surface area contributed by atoms with Crippen molar-refractivity contribution in [2.75, 3.05) is 0 Å². The number of hydrogen-bond donors (Lipinski definition) is 0. The summed E-state index contributed by atoms with van der Waals surface area (Å²) in [6.07, 6.45) is 0.446. The SMILES string of the molecule is Cc1ccc(C(=O)Cc2ccc(Br)s2)c(C)n1. The van der Waals surface area contributed by atoms with Gasteiger partial charge in [0.05, 0.1) is 3.79 Å². The van der Waals surface area contributed by atoms with Gasteiger partial charge in [0, 0.05) is 28.2 Å². The summed E-state index contributed by atoms with van der Waals surface area (Å²) in [5.41, 5.74) is 2.48. The molecule has 0 N–H and O–H groups in total. The number of carbonyl (C=O) groups excluding carboxylic acids is 1. The van der Waals surface area contributed by atoms with E-state index < -0.39 is 0 Å². The van der Waals surface area contributed by atoms with Crippen molar-refractivity contribution in [3.8, 4) is 0 Å². The molecule has 0 amide bonds. The predicted octanol–water partition coefficient (Wildman–Crippen LogP) is 3.95. The molecule has 0 atom stereocenters. The first-order valence-electron chi connectivity index (χ1n) is 5.28. The van der Waals surface area contributed by atoms with Crippen LogP contribution >= 0.6 is 27.3 Å². The third kappa shape index (κ3) is 3.01. The quantitative estimate of drug-likeness (QED) is 0.804. The molecule has 0 spiro atoms. The number of Topliss-reactive ketones (excluding diaryl/α,β-unsaturated/α-hetero) is 1. The zero-order valence-electron chi connectivity index (χ0n) is 9.66. The van der Waals surface area contributed by atoms with Gasteiger partial charge >= 0.3 is 0 Å². The van der Waals surface area contributed by atoms with E-state index in [9.17, 15) is 4.79 Å². The minimum atomic E-state index is 0.129. The van der Waals surface area contributed by atoms with E-state index in [0.29, 0.717) is 6.42 Å². The van der Waals surface area contributed by atoms with Crippen molar-refractivity contribution in [2.24, 2.45) is 0 Å². The van der Waals surface area contributed by atoms with Gasteiger partial charge < -0.3 is 0 Å². The average molecular weight is 310 g/mol. The zero-order valence-corrected chi connectivity index (χ0v) is 12.1. The predicted molar refractivity (Wildman–Crippen MR) is 73.8 cm³/mol. The number of thiophene rings is 1. The summed E-state index contributed by atoms with van der Waals surface area (Å²) in [7, 11) is 0. The summed E-state index contributed by atoms with van der Waals surface area (Å²) in [5.74, 6) is 0.129. The van der Waals surface area contributed by atoms with E-state index in [1.54, 1.807) is 11.3 Å². The Balaban J connectivity index is 2.20. The third-order valence-corrected chi connectivity index (χ3v) is 4.11. The van der Waals surface area contributed by atoms with E-state index in [-0.39, 0.29) is 5.78 Å². The molecule has 2 aromatic rings. The van der Waals surface area contributed by atoms with Crippen LogP contribution in [0.25, 0.3) is 0 Å². The molecular formula is C13H12BrNOS. The Morgan fingerprint density at radius 2 is 2.06 bits per heavy atom. The smallest absolute Gasteiger partial charge is 0.169 e. The van der Waals surface area contributed by atoms with Crippen LogP contribution in [0.2, 0.25) is 0 Å². The summed E-state index contributed by atoms with van der Waals surface area (Å²) >= 11 is 4.99. The number of halogens is 1. The highest BCUT2D eigenvalue weighted by atomic mass is 79.9. The first-order chi connectivity index (χ1) is 8.06. The van der Waals surface area contributed by atoms with Crippen LogP contribution in [0.1, 0.15) is 26.6 Å². The largest absolute Gasteiger partial charge is 0.294 e. The van der Waals surface area contributed by atoms with Gasteiger partial charge in [0.2, 0.25) is 0 Å². The van der Waals surface area contributed by atoms with Gasteiger partial charge in [-0.05, 0) is 54.0 Å². The van der Waals surface area contributed by atoms with Crippen molar-refractivity contribution in [1.82, 2.24) is 4.98 Å². The van der Waals surface area contributed by atoms with Gasteiger partial charge in [-0.2, -0.15) is 0 Å². The Kier molecular flexibility index (Phi) is 3.74. The maximum Gasteiger partial charge on any atom is 0.169 e. The van der Waals surface area contributed by atoms with E-state index in [2.05, 4.69) is 20.9 Å². The highest BCUT2D eigenvalue weighted by Crippen LogP contribution is 2.23. The van der Waals surface area contributed by atoms with Crippen molar-refractivity contribution in [3.05, 3.63) is 49.9 Å². The van der Waals surface area contributed by atoms with Crippen molar-refractivity contribution >= 4 is 33.0 Å². The highest BCUT2D eigenvalue weighted by molar-refractivity contribution is 9.11. The van der Waals surface area contributed by atoms with Crippen LogP contribution in [-0.4, -0.2) is 10.8 Å². The summed E-state index contributed by atoms with van der Waals surface area (Å²) < 4.78 is 1.05. The second kappa shape index (κ2) is 5.10. The molecule has 0 saturated heterocycles. The molecule has 0 aliphatic rings. The van der Waals surface area contributed by atoms with E-state index in [4.69, 9.17) is 0 Å². The van der Waals surface area contributed by atoms with E-state index in [1.807, 2.05) is 38.1 Å². The Morgan fingerprint density at radius 1 is 1.29 bits per heavy atom. The summed E-state index contributed by atoms with van der Waals surface area (Å²) in [6.45, 7) is 3.81. The van der Waals surface area contributed by atoms with Crippen LogP contribution in [0.15, 0.2) is 28.1 Å². The second-order valence-electron chi connectivity index (χ2n) is 3.89. The van der Waals surface area contributed by atoms with Crippen molar-refractivity contribution in [2.45, 2.75) is 20.3 Å². The van der Waals surface area contributed by atoms with Crippen molar-refractivity contribution < 1.29 is 4.79 Å². The van der Waals surface area contributed by atoms with Crippen LogP contribution in [0.3, 0.4) is 0 Å². The molecule has 0 radical (unpaired) electrons. The maximum absolute atomic E-state index is 12.1. The molecule has 2 aromatic heterocycles. The molecule has 17 heavy (non-hydrogen) atoms. The maximum atomic E-state index is 12.1. The number of ketones is 1. The fourth-order valence-electron chi connectivity index (χ4n) is 1.68. The molecule has 0 fully saturated rings. The molecule has 0 aliphatic heterocycles. The van der Waals surface area contributed by atoms with Crippen LogP contribution in [0.4, 0.5) is 0 Å². The Morgan fingerprint density at radius 3 is 2.65 bits per heavy atom. The van der Waals surface area contributed by atoms with Crippen LogP contribution in [0, 0.1) is 13.8 Å². The molecule has 0 aromatic carbocycles. The number of hydrogen-bond acceptors (Lipinski definition) is 3. The minimum Gasteiger partial charge on any atom is -0.294 e. The minimum absolute atomic E-state index is 0.129. The monoisotopic (exact) mass is 309 g/mol. The molecule has 0 saturated carbocycles. The Bertz CT molecular complexity index is 562. The summed E-state index contributed by atoms with van der Waals surface area (Å²) in [4.78, 5) is 17.5. The van der Waals surface area contributed by atoms with Crippen molar-refractivity contribution in [1.29, 1.82) is 0 Å². The lowest BCUT2D eigenvalue weighted by Gasteiger charge is -2.04. The van der Waals surface area contributed by atoms with Gasteiger partial charge in [0.1, 0.15) is 0 Å². The number of aromatic nitrogens is 1. The Hall–Kier alpha value is -1.00. The summed E-state index contributed by atoms with van der Waals surface area (Å²) in [5, 5.41) is 0. The van der Waals surface area contributed by atoms with E-state index >= 15 is 0 Å². The zero-order chi connectivity index (χ0) is 12.4. The molecule has 0 bridgehead atoms. The number of carbonyl (C=O) groups is 1. The third-order valence-electron chi connectivity index (χ3n) is 2.49. The molecule has 0 aliphatic carbocycles. The lowest BCUT2D eigenvalue weighted by molar-refractivity contribution is 0.0993.